The molecule has 0 amide bonds. The van der Waals surface area contributed by atoms with Crippen molar-refractivity contribution in [1.82, 2.24) is 0 Å². The maximum Gasteiger partial charge on any atom is 0.183 e. The molecule has 0 aliphatic carbocycles. The van der Waals surface area contributed by atoms with Crippen LogP contribution in [-0.2, 0) is 14.3 Å². The lowest BCUT2D eigenvalue weighted by Gasteiger charge is -2.05. The van der Waals surface area contributed by atoms with E-state index in [-0.39, 0.29) is 19.0 Å². The molecule has 0 fully saturated rings. The SMILES string of the molecule is COCC(=O)COCCCC(C)C. The minimum absolute atomic E-state index is 0.00652. The Morgan fingerprint density at radius 2 is 2.00 bits per heavy atom. The molecule has 0 saturated heterocycles. The van der Waals surface area contributed by atoms with Crippen molar-refractivity contribution in [2.24, 2.45) is 5.92 Å². The molecular formula is C10H20O3. The van der Waals surface area contributed by atoms with E-state index in [0.717, 1.165) is 12.8 Å². The summed E-state index contributed by atoms with van der Waals surface area (Å²) < 4.78 is 9.84. The van der Waals surface area contributed by atoms with E-state index in [0.29, 0.717) is 12.5 Å². The number of hydrogen-bond acceptors (Lipinski definition) is 3. The van der Waals surface area contributed by atoms with E-state index in [1.165, 1.54) is 7.11 Å². The van der Waals surface area contributed by atoms with E-state index in [4.69, 9.17) is 4.74 Å². The Kier molecular flexibility index (Phi) is 7.94. The van der Waals surface area contributed by atoms with E-state index in [9.17, 15) is 4.79 Å². The van der Waals surface area contributed by atoms with Crippen LogP contribution in [0.5, 0.6) is 0 Å². The molecule has 0 bridgehead atoms. The van der Waals surface area contributed by atoms with Gasteiger partial charge in [0.25, 0.3) is 0 Å². The molecule has 0 aliphatic rings. The standard InChI is InChI=1S/C10H20O3/c1-9(2)5-4-6-13-8-10(11)7-12-3/h9H,4-8H2,1-3H3. The van der Waals surface area contributed by atoms with Crippen LogP contribution in [0, 0.1) is 5.92 Å². The smallest absolute Gasteiger partial charge is 0.183 e. The second-order valence-electron chi connectivity index (χ2n) is 3.56. The Morgan fingerprint density at radius 3 is 2.54 bits per heavy atom. The van der Waals surface area contributed by atoms with Crippen molar-refractivity contribution in [3.05, 3.63) is 0 Å². The zero-order valence-electron chi connectivity index (χ0n) is 8.84. The summed E-state index contributed by atoms with van der Waals surface area (Å²) in [5.41, 5.74) is 0. The Morgan fingerprint density at radius 1 is 1.31 bits per heavy atom. The van der Waals surface area contributed by atoms with Gasteiger partial charge in [0.2, 0.25) is 0 Å². The van der Waals surface area contributed by atoms with Crippen LogP contribution in [0.3, 0.4) is 0 Å². The molecule has 0 aliphatic heterocycles. The highest BCUT2D eigenvalue weighted by Gasteiger charge is 2.00. The van der Waals surface area contributed by atoms with E-state index in [1.807, 2.05) is 0 Å². The van der Waals surface area contributed by atoms with Gasteiger partial charge in [-0.05, 0) is 18.8 Å². The number of Topliss-reactive ketones (excluding diaryl/α,β-unsaturated/α-hetero) is 1. The summed E-state index contributed by atoms with van der Waals surface area (Å²) in [5.74, 6) is 0.713. The molecule has 0 N–H and O–H groups in total. The van der Waals surface area contributed by atoms with Crippen LogP contribution in [0.25, 0.3) is 0 Å². The number of ketones is 1. The van der Waals surface area contributed by atoms with E-state index in [1.54, 1.807) is 0 Å². The van der Waals surface area contributed by atoms with Gasteiger partial charge in [0.1, 0.15) is 13.2 Å². The average Bonchev–Trinajstić information content (AvgIpc) is 2.03. The predicted molar refractivity (Wildman–Crippen MR) is 51.8 cm³/mol. The van der Waals surface area contributed by atoms with Crippen LogP contribution in [-0.4, -0.2) is 32.7 Å². The minimum atomic E-state index is 0.00652. The molecule has 0 heterocycles. The number of ether oxygens (including phenoxy) is 2. The number of methoxy groups -OCH3 is 1. The number of rotatable bonds is 8. The molecule has 0 aromatic carbocycles. The molecule has 13 heavy (non-hydrogen) atoms. The van der Waals surface area contributed by atoms with E-state index < -0.39 is 0 Å². The molecule has 0 aromatic heterocycles. The van der Waals surface area contributed by atoms with Gasteiger partial charge in [0.05, 0.1) is 0 Å². The highest BCUT2D eigenvalue weighted by Crippen LogP contribution is 2.02. The molecule has 0 aromatic rings. The van der Waals surface area contributed by atoms with Gasteiger partial charge in [-0.2, -0.15) is 0 Å². The summed E-state index contributed by atoms with van der Waals surface area (Å²) >= 11 is 0. The third kappa shape index (κ3) is 9.50. The molecule has 0 saturated carbocycles. The summed E-state index contributed by atoms with van der Waals surface area (Å²) in [6.45, 7) is 5.37. The summed E-state index contributed by atoms with van der Waals surface area (Å²) in [4.78, 5) is 10.9. The quantitative estimate of drug-likeness (QED) is 0.543. The highest BCUT2D eigenvalue weighted by atomic mass is 16.5. The van der Waals surface area contributed by atoms with Gasteiger partial charge in [0, 0.05) is 13.7 Å². The predicted octanol–water partition coefficient (Wildman–Crippen LogP) is 1.65. The zero-order chi connectivity index (χ0) is 10.1. The van der Waals surface area contributed by atoms with Crippen molar-refractivity contribution < 1.29 is 14.3 Å². The Bertz CT molecular complexity index is 132. The zero-order valence-corrected chi connectivity index (χ0v) is 8.84. The Balaban J connectivity index is 3.11. The fourth-order valence-electron chi connectivity index (χ4n) is 0.982. The van der Waals surface area contributed by atoms with E-state index in [2.05, 4.69) is 18.6 Å². The van der Waals surface area contributed by atoms with Gasteiger partial charge >= 0.3 is 0 Å². The fraction of sp³-hybridized carbons (Fsp3) is 0.900. The van der Waals surface area contributed by atoms with Crippen LogP contribution >= 0.6 is 0 Å². The van der Waals surface area contributed by atoms with Gasteiger partial charge in [-0.15, -0.1) is 0 Å². The van der Waals surface area contributed by atoms with Crippen molar-refractivity contribution in [2.45, 2.75) is 26.7 Å². The Labute approximate surface area is 80.4 Å². The first kappa shape index (κ1) is 12.6. The molecule has 3 nitrogen and oxygen atoms in total. The van der Waals surface area contributed by atoms with E-state index >= 15 is 0 Å². The van der Waals surface area contributed by atoms with Crippen molar-refractivity contribution in [1.29, 1.82) is 0 Å². The van der Waals surface area contributed by atoms with Gasteiger partial charge in [-0.3, -0.25) is 4.79 Å². The van der Waals surface area contributed by atoms with Gasteiger partial charge in [-0.1, -0.05) is 13.8 Å². The minimum Gasteiger partial charge on any atom is -0.377 e. The van der Waals surface area contributed by atoms with Crippen LogP contribution in [0.1, 0.15) is 26.7 Å². The molecule has 0 rings (SSSR count). The molecule has 0 radical (unpaired) electrons. The fourth-order valence-corrected chi connectivity index (χ4v) is 0.982. The molecule has 78 valence electrons. The topological polar surface area (TPSA) is 35.5 Å². The second-order valence-corrected chi connectivity index (χ2v) is 3.56. The largest absolute Gasteiger partial charge is 0.377 e. The second kappa shape index (κ2) is 8.20. The highest BCUT2D eigenvalue weighted by molar-refractivity contribution is 5.80. The van der Waals surface area contributed by atoms with Gasteiger partial charge in [-0.25, -0.2) is 0 Å². The van der Waals surface area contributed by atoms with Crippen LogP contribution < -0.4 is 0 Å². The summed E-state index contributed by atoms with van der Waals surface area (Å²) in [6.07, 6.45) is 2.18. The van der Waals surface area contributed by atoms with Crippen LogP contribution in [0.2, 0.25) is 0 Å². The average molecular weight is 188 g/mol. The summed E-state index contributed by atoms with van der Waals surface area (Å²) in [7, 11) is 1.51. The molecule has 0 unspecified atom stereocenters. The summed E-state index contributed by atoms with van der Waals surface area (Å²) in [5, 5.41) is 0. The van der Waals surface area contributed by atoms with Crippen molar-refractivity contribution >= 4 is 5.78 Å². The number of hydrogen-bond donors (Lipinski definition) is 0. The first-order valence-electron chi connectivity index (χ1n) is 4.75. The van der Waals surface area contributed by atoms with Crippen molar-refractivity contribution in [3.63, 3.8) is 0 Å². The number of carbonyl (C=O) groups excluding carboxylic acids is 1. The molecule has 0 spiro atoms. The normalized spacial score (nSPS) is 10.8. The molecule has 3 heteroatoms. The van der Waals surface area contributed by atoms with Gasteiger partial charge < -0.3 is 9.47 Å². The monoisotopic (exact) mass is 188 g/mol. The van der Waals surface area contributed by atoms with Crippen LogP contribution in [0.4, 0.5) is 0 Å². The lowest BCUT2D eigenvalue weighted by atomic mass is 10.1. The van der Waals surface area contributed by atoms with Crippen molar-refractivity contribution in [3.8, 4) is 0 Å². The molecule has 0 atom stereocenters. The Hall–Kier alpha value is -0.410. The van der Waals surface area contributed by atoms with Gasteiger partial charge in [0.15, 0.2) is 5.78 Å². The van der Waals surface area contributed by atoms with Crippen LogP contribution in [0.15, 0.2) is 0 Å². The third-order valence-corrected chi connectivity index (χ3v) is 1.64. The first-order valence-corrected chi connectivity index (χ1v) is 4.75. The third-order valence-electron chi connectivity index (χ3n) is 1.64. The maximum atomic E-state index is 10.9. The number of carbonyl (C=O) groups is 1. The summed E-state index contributed by atoms with van der Waals surface area (Å²) in [6, 6.07) is 0. The lowest BCUT2D eigenvalue weighted by molar-refractivity contribution is -0.127. The molecular weight excluding hydrogens is 168 g/mol. The first-order chi connectivity index (χ1) is 6.16. The van der Waals surface area contributed by atoms with Crippen molar-refractivity contribution in [2.75, 3.05) is 26.9 Å². The maximum absolute atomic E-state index is 10.9. The lowest BCUT2D eigenvalue weighted by Crippen LogP contribution is -2.14.